The molecule has 0 saturated heterocycles. The third kappa shape index (κ3) is 1.92. The minimum absolute atomic E-state index is 0.0719. The van der Waals surface area contributed by atoms with Crippen LogP contribution in [0.5, 0.6) is 0 Å². The van der Waals surface area contributed by atoms with E-state index in [1.54, 1.807) is 0 Å². The SMILES string of the molecule is Nc1cc(-c2cc(F)cc([N+](=O)[O-])c2F)[nH]n1. The van der Waals surface area contributed by atoms with E-state index in [0.717, 1.165) is 6.07 Å². The molecule has 17 heavy (non-hydrogen) atoms. The molecule has 0 spiro atoms. The van der Waals surface area contributed by atoms with Gasteiger partial charge in [0.25, 0.3) is 0 Å². The summed E-state index contributed by atoms with van der Waals surface area (Å²) in [5.74, 6) is -1.98. The zero-order chi connectivity index (χ0) is 12.6. The highest BCUT2D eigenvalue weighted by Crippen LogP contribution is 2.29. The molecular formula is C9H6F2N4O2. The van der Waals surface area contributed by atoms with Crippen molar-refractivity contribution in [3.8, 4) is 11.3 Å². The number of aromatic nitrogens is 2. The summed E-state index contributed by atoms with van der Waals surface area (Å²) in [5, 5.41) is 16.4. The Bertz CT molecular complexity index is 597. The van der Waals surface area contributed by atoms with Gasteiger partial charge in [0, 0.05) is 11.6 Å². The highest BCUT2D eigenvalue weighted by Gasteiger charge is 2.21. The summed E-state index contributed by atoms with van der Waals surface area (Å²) in [7, 11) is 0. The summed E-state index contributed by atoms with van der Waals surface area (Å²) >= 11 is 0. The Morgan fingerprint density at radius 1 is 1.35 bits per heavy atom. The van der Waals surface area contributed by atoms with Crippen molar-refractivity contribution < 1.29 is 13.7 Å². The quantitative estimate of drug-likeness (QED) is 0.618. The molecule has 2 aromatic rings. The fraction of sp³-hybridized carbons (Fsp3) is 0. The summed E-state index contributed by atoms with van der Waals surface area (Å²) < 4.78 is 26.8. The number of rotatable bonds is 2. The fourth-order valence-corrected chi connectivity index (χ4v) is 1.38. The first-order chi connectivity index (χ1) is 7.99. The van der Waals surface area contributed by atoms with Gasteiger partial charge in [-0.05, 0) is 6.07 Å². The van der Waals surface area contributed by atoms with Gasteiger partial charge < -0.3 is 5.73 Å². The maximum atomic E-state index is 13.7. The van der Waals surface area contributed by atoms with Gasteiger partial charge in [0.05, 0.1) is 16.7 Å². The molecule has 0 fully saturated rings. The predicted octanol–water partition coefficient (Wildman–Crippen LogP) is 1.85. The Balaban J connectivity index is 2.66. The second kappa shape index (κ2) is 3.81. The molecule has 0 aliphatic rings. The lowest BCUT2D eigenvalue weighted by Gasteiger charge is -2.01. The third-order valence-electron chi connectivity index (χ3n) is 2.10. The highest BCUT2D eigenvalue weighted by atomic mass is 19.1. The smallest absolute Gasteiger partial charge is 0.308 e. The Labute approximate surface area is 93.2 Å². The van der Waals surface area contributed by atoms with Crippen LogP contribution in [0, 0.1) is 21.7 Å². The standard InChI is InChI=1S/C9H6F2N4O2/c10-4-1-5(6-3-8(12)14-13-6)9(11)7(2-4)15(16)17/h1-3H,(H3,12,13,14). The van der Waals surface area contributed by atoms with Crippen molar-refractivity contribution in [3.05, 3.63) is 39.9 Å². The second-order valence-corrected chi connectivity index (χ2v) is 3.25. The number of hydrogen-bond donors (Lipinski definition) is 2. The molecular weight excluding hydrogens is 234 g/mol. The van der Waals surface area contributed by atoms with E-state index in [-0.39, 0.29) is 17.1 Å². The maximum Gasteiger partial charge on any atom is 0.308 e. The number of anilines is 1. The first-order valence-electron chi connectivity index (χ1n) is 4.43. The first kappa shape index (κ1) is 11.0. The molecule has 0 aliphatic heterocycles. The van der Waals surface area contributed by atoms with Gasteiger partial charge in [-0.1, -0.05) is 0 Å². The summed E-state index contributed by atoms with van der Waals surface area (Å²) in [6.07, 6.45) is 0. The van der Waals surface area contributed by atoms with E-state index in [0.29, 0.717) is 6.07 Å². The van der Waals surface area contributed by atoms with Crippen molar-refractivity contribution in [2.24, 2.45) is 0 Å². The van der Waals surface area contributed by atoms with Crippen LogP contribution in [-0.2, 0) is 0 Å². The van der Waals surface area contributed by atoms with Crippen molar-refractivity contribution in [3.63, 3.8) is 0 Å². The molecule has 0 amide bonds. The Hall–Kier alpha value is -2.51. The number of aromatic amines is 1. The van der Waals surface area contributed by atoms with Gasteiger partial charge in [0.15, 0.2) is 0 Å². The number of nitrogens with zero attached hydrogens (tertiary/aromatic N) is 2. The first-order valence-corrected chi connectivity index (χ1v) is 4.43. The molecule has 3 N–H and O–H groups in total. The Morgan fingerprint density at radius 2 is 2.06 bits per heavy atom. The van der Waals surface area contributed by atoms with Crippen LogP contribution >= 0.6 is 0 Å². The van der Waals surface area contributed by atoms with Gasteiger partial charge in [0.1, 0.15) is 11.6 Å². The van der Waals surface area contributed by atoms with Crippen molar-refractivity contribution >= 4 is 11.5 Å². The largest absolute Gasteiger partial charge is 0.382 e. The number of nitrogens with one attached hydrogen (secondary N) is 1. The predicted molar refractivity (Wildman–Crippen MR) is 55.0 cm³/mol. The molecule has 1 heterocycles. The van der Waals surface area contributed by atoms with Crippen molar-refractivity contribution in [2.75, 3.05) is 5.73 Å². The van der Waals surface area contributed by atoms with E-state index in [4.69, 9.17) is 5.73 Å². The van der Waals surface area contributed by atoms with Crippen LogP contribution in [-0.4, -0.2) is 15.1 Å². The van der Waals surface area contributed by atoms with Crippen molar-refractivity contribution in [2.45, 2.75) is 0 Å². The van der Waals surface area contributed by atoms with Crippen LogP contribution in [0.15, 0.2) is 18.2 Å². The molecule has 0 radical (unpaired) electrons. The Morgan fingerprint density at radius 3 is 2.59 bits per heavy atom. The summed E-state index contributed by atoms with van der Waals surface area (Å²) in [6.45, 7) is 0. The van der Waals surface area contributed by atoms with Crippen molar-refractivity contribution in [1.29, 1.82) is 0 Å². The average molecular weight is 240 g/mol. The normalized spacial score (nSPS) is 10.5. The number of nitro benzene ring substituents is 1. The zero-order valence-corrected chi connectivity index (χ0v) is 8.28. The van der Waals surface area contributed by atoms with E-state index in [9.17, 15) is 18.9 Å². The lowest BCUT2D eigenvalue weighted by Crippen LogP contribution is -1.97. The summed E-state index contributed by atoms with van der Waals surface area (Å²) in [5.41, 5.74) is 4.15. The number of nitro groups is 1. The van der Waals surface area contributed by atoms with Crippen LogP contribution in [0.3, 0.4) is 0 Å². The molecule has 8 heteroatoms. The van der Waals surface area contributed by atoms with Crippen LogP contribution in [0.1, 0.15) is 0 Å². The van der Waals surface area contributed by atoms with Gasteiger partial charge in [-0.25, -0.2) is 4.39 Å². The van der Waals surface area contributed by atoms with Crippen molar-refractivity contribution in [1.82, 2.24) is 10.2 Å². The summed E-state index contributed by atoms with van der Waals surface area (Å²) in [6, 6.07) is 2.59. The minimum Gasteiger partial charge on any atom is -0.382 e. The molecule has 88 valence electrons. The van der Waals surface area contributed by atoms with Gasteiger partial charge in [-0.3, -0.25) is 15.2 Å². The average Bonchev–Trinajstić information content (AvgIpc) is 2.67. The number of nitrogen functional groups attached to an aromatic ring is 1. The minimum atomic E-state index is -1.14. The van der Waals surface area contributed by atoms with Gasteiger partial charge in [-0.2, -0.15) is 9.49 Å². The van der Waals surface area contributed by atoms with E-state index < -0.39 is 22.2 Å². The lowest BCUT2D eigenvalue weighted by molar-refractivity contribution is -0.387. The molecule has 0 bridgehead atoms. The second-order valence-electron chi connectivity index (χ2n) is 3.25. The van der Waals surface area contributed by atoms with E-state index in [1.165, 1.54) is 6.07 Å². The zero-order valence-electron chi connectivity index (χ0n) is 8.28. The van der Waals surface area contributed by atoms with E-state index in [1.807, 2.05) is 0 Å². The van der Waals surface area contributed by atoms with Crippen LogP contribution in [0.25, 0.3) is 11.3 Å². The fourth-order valence-electron chi connectivity index (χ4n) is 1.38. The molecule has 1 aromatic carbocycles. The molecule has 0 unspecified atom stereocenters. The Kier molecular flexibility index (Phi) is 2.47. The number of halogens is 2. The van der Waals surface area contributed by atoms with E-state index >= 15 is 0 Å². The number of H-pyrrole nitrogens is 1. The highest BCUT2D eigenvalue weighted by molar-refractivity contribution is 5.66. The van der Waals surface area contributed by atoms with Gasteiger partial charge in [-0.15, -0.1) is 0 Å². The maximum absolute atomic E-state index is 13.7. The van der Waals surface area contributed by atoms with Crippen LogP contribution < -0.4 is 5.73 Å². The molecule has 6 nitrogen and oxygen atoms in total. The van der Waals surface area contributed by atoms with Crippen LogP contribution in [0.4, 0.5) is 20.3 Å². The monoisotopic (exact) mass is 240 g/mol. The topological polar surface area (TPSA) is 97.8 Å². The van der Waals surface area contributed by atoms with Crippen LogP contribution in [0.2, 0.25) is 0 Å². The van der Waals surface area contributed by atoms with Gasteiger partial charge >= 0.3 is 5.69 Å². The molecule has 1 aromatic heterocycles. The molecule has 0 atom stereocenters. The number of nitrogens with two attached hydrogens (primary N) is 1. The summed E-state index contributed by atoms with van der Waals surface area (Å²) in [4.78, 5) is 9.51. The number of hydrogen-bond acceptors (Lipinski definition) is 4. The molecule has 0 saturated carbocycles. The third-order valence-corrected chi connectivity index (χ3v) is 2.10. The number of benzene rings is 1. The lowest BCUT2D eigenvalue weighted by atomic mass is 10.1. The van der Waals surface area contributed by atoms with Gasteiger partial charge in [0.2, 0.25) is 5.82 Å². The molecule has 2 rings (SSSR count). The van der Waals surface area contributed by atoms with E-state index in [2.05, 4.69) is 10.2 Å². The molecule has 0 aliphatic carbocycles.